The van der Waals surface area contributed by atoms with Crippen LogP contribution in [0.25, 0.3) is 0 Å². The van der Waals surface area contributed by atoms with E-state index in [1.165, 1.54) is 45.4 Å². The second-order valence-electron chi connectivity index (χ2n) is 8.15. The lowest BCUT2D eigenvalue weighted by Gasteiger charge is -2.37. The van der Waals surface area contributed by atoms with E-state index < -0.39 is 17.0 Å². The van der Waals surface area contributed by atoms with Crippen molar-refractivity contribution in [3.05, 3.63) is 0 Å². The molecule has 0 aromatic carbocycles. The molecule has 5 nitrogen and oxygen atoms in total. The number of hydrogen-bond donors (Lipinski definition) is 0. The standard InChI is InChI=1S/C19H44N2O3Si2/c1-7-22-26(23-8-2,24-9-3)19-13-16-21(25(4,5)6)18-17-20-14-11-10-12-15-20/h7-19H2,1-6H3. The minimum Gasteiger partial charge on any atom is -0.374 e. The fourth-order valence-electron chi connectivity index (χ4n) is 3.72. The first-order valence-corrected chi connectivity index (χ1v) is 16.1. The number of hydrogen-bond acceptors (Lipinski definition) is 5. The molecule has 0 N–H and O–H groups in total. The lowest BCUT2D eigenvalue weighted by Crippen LogP contribution is -2.51. The number of rotatable bonds is 14. The van der Waals surface area contributed by atoms with Crippen molar-refractivity contribution in [2.24, 2.45) is 0 Å². The van der Waals surface area contributed by atoms with Crippen molar-refractivity contribution in [1.82, 2.24) is 9.47 Å². The molecule has 0 saturated carbocycles. The Morgan fingerprint density at radius 3 is 1.81 bits per heavy atom. The SMILES string of the molecule is CCO[Si](CCCN(CCN1CCCCC1)[Si](C)(C)C)(OCC)OCC. The van der Waals surface area contributed by atoms with Gasteiger partial charge >= 0.3 is 8.80 Å². The van der Waals surface area contributed by atoms with Crippen LogP contribution in [0, 0.1) is 0 Å². The maximum absolute atomic E-state index is 6.01. The molecule has 1 aliphatic rings. The zero-order chi connectivity index (χ0) is 19.5. The smallest absolute Gasteiger partial charge is 0.374 e. The first-order chi connectivity index (χ1) is 12.4. The quantitative estimate of drug-likeness (QED) is 0.408. The largest absolute Gasteiger partial charge is 0.500 e. The van der Waals surface area contributed by atoms with Crippen molar-refractivity contribution in [1.29, 1.82) is 0 Å². The van der Waals surface area contributed by atoms with Crippen molar-refractivity contribution in [3.63, 3.8) is 0 Å². The third-order valence-corrected chi connectivity index (χ3v) is 10.6. The molecule has 0 aliphatic carbocycles. The van der Waals surface area contributed by atoms with E-state index in [0.717, 1.165) is 19.0 Å². The maximum Gasteiger partial charge on any atom is 0.500 e. The lowest BCUT2D eigenvalue weighted by atomic mass is 10.1. The number of piperidine rings is 1. The molecule has 7 heteroatoms. The molecule has 0 radical (unpaired) electrons. The van der Waals surface area contributed by atoms with Crippen LogP contribution in [0.1, 0.15) is 46.5 Å². The highest BCUT2D eigenvalue weighted by Gasteiger charge is 2.40. The molecule has 0 bridgehead atoms. The summed E-state index contributed by atoms with van der Waals surface area (Å²) in [5, 5.41) is 0. The summed E-state index contributed by atoms with van der Waals surface area (Å²) in [6, 6.07) is 0.924. The van der Waals surface area contributed by atoms with E-state index in [9.17, 15) is 0 Å². The summed E-state index contributed by atoms with van der Waals surface area (Å²) < 4.78 is 20.8. The van der Waals surface area contributed by atoms with E-state index in [1.807, 2.05) is 20.8 Å². The van der Waals surface area contributed by atoms with E-state index in [1.54, 1.807) is 0 Å². The van der Waals surface area contributed by atoms with Gasteiger partial charge in [-0.15, -0.1) is 0 Å². The fourth-order valence-corrected chi connectivity index (χ4v) is 7.91. The zero-order valence-corrected chi connectivity index (χ0v) is 20.3. The van der Waals surface area contributed by atoms with Crippen LogP contribution in [0.2, 0.25) is 25.7 Å². The summed E-state index contributed by atoms with van der Waals surface area (Å²) in [5.74, 6) is 0. The van der Waals surface area contributed by atoms with Crippen LogP contribution in [-0.2, 0) is 13.3 Å². The first-order valence-electron chi connectivity index (χ1n) is 10.8. The monoisotopic (exact) mass is 404 g/mol. The molecule has 1 heterocycles. The van der Waals surface area contributed by atoms with E-state index in [4.69, 9.17) is 13.3 Å². The Kier molecular flexibility index (Phi) is 11.8. The summed E-state index contributed by atoms with van der Waals surface area (Å²) >= 11 is 0. The highest BCUT2D eigenvalue weighted by atomic mass is 28.4. The minimum absolute atomic E-state index is 0.666. The van der Waals surface area contributed by atoms with Gasteiger partial charge in [-0.1, -0.05) is 26.1 Å². The predicted molar refractivity (Wildman–Crippen MR) is 115 cm³/mol. The average molecular weight is 405 g/mol. The van der Waals surface area contributed by atoms with Gasteiger partial charge in [0.25, 0.3) is 0 Å². The first kappa shape index (κ1) is 24.3. The molecule has 1 saturated heterocycles. The topological polar surface area (TPSA) is 34.2 Å². The van der Waals surface area contributed by atoms with Crippen LogP contribution >= 0.6 is 0 Å². The van der Waals surface area contributed by atoms with E-state index >= 15 is 0 Å². The van der Waals surface area contributed by atoms with Crippen molar-refractivity contribution < 1.29 is 13.3 Å². The van der Waals surface area contributed by atoms with Crippen molar-refractivity contribution in [2.45, 2.75) is 72.1 Å². The Morgan fingerprint density at radius 2 is 1.35 bits per heavy atom. The zero-order valence-electron chi connectivity index (χ0n) is 18.3. The fraction of sp³-hybridized carbons (Fsp3) is 1.00. The molecule has 156 valence electrons. The molecular weight excluding hydrogens is 360 g/mol. The van der Waals surface area contributed by atoms with Crippen LogP contribution in [0.5, 0.6) is 0 Å². The van der Waals surface area contributed by atoms with E-state index in [-0.39, 0.29) is 0 Å². The second-order valence-corrected chi connectivity index (χ2v) is 15.9. The van der Waals surface area contributed by atoms with Crippen LogP contribution in [0.4, 0.5) is 0 Å². The Balaban J connectivity index is 2.55. The van der Waals surface area contributed by atoms with Gasteiger partial charge in [0.05, 0.1) is 0 Å². The Labute approximate surface area is 164 Å². The van der Waals surface area contributed by atoms with Crippen LogP contribution in [0.3, 0.4) is 0 Å². The van der Waals surface area contributed by atoms with Crippen molar-refractivity contribution >= 4 is 17.0 Å². The van der Waals surface area contributed by atoms with Gasteiger partial charge in [-0.2, -0.15) is 0 Å². The summed E-state index contributed by atoms with van der Waals surface area (Å²) in [5.41, 5.74) is 0. The van der Waals surface area contributed by atoms with Gasteiger partial charge in [-0.05, 0) is 59.7 Å². The van der Waals surface area contributed by atoms with E-state index in [0.29, 0.717) is 19.8 Å². The summed E-state index contributed by atoms with van der Waals surface area (Å²) in [7, 11) is -3.82. The molecule has 1 aliphatic heterocycles. The normalized spacial score (nSPS) is 17.2. The molecular formula is C19H44N2O3Si2. The number of likely N-dealkylation sites (tertiary alicyclic amines) is 1. The van der Waals surface area contributed by atoms with Gasteiger partial charge in [0, 0.05) is 39.0 Å². The van der Waals surface area contributed by atoms with Crippen LogP contribution in [-0.4, -0.2) is 79.0 Å². The van der Waals surface area contributed by atoms with Gasteiger partial charge < -0.3 is 22.7 Å². The molecule has 0 aromatic rings. The molecule has 0 unspecified atom stereocenters. The minimum atomic E-state index is -2.50. The third kappa shape index (κ3) is 8.95. The molecule has 1 rings (SSSR count). The molecule has 0 atom stereocenters. The van der Waals surface area contributed by atoms with E-state index in [2.05, 4.69) is 29.1 Å². The van der Waals surface area contributed by atoms with Gasteiger partial charge in [0.1, 0.15) is 8.24 Å². The number of nitrogens with zero attached hydrogens (tertiary/aromatic N) is 2. The summed E-state index contributed by atoms with van der Waals surface area (Å²) in [4.78, 5) is 2.65. The van der Waals surface area contributed by atoms with Gasteiger partial charge in [-0.3, -0.25) is 0 Å². The highest BCUT2D eigenvalue weighted by Crippen LogP contribution is 2.20. The Bertz CT molecular complexity index is 344. The maximum atomic E-state index is 6.01. The van der Waals surface area contributed by atoms with Gasteiger partial charge in [0.15, 0.2) is 0 Å². The molecule has 0 aromatic heterocycles. The summed E-state index contributed by atoms with van der Waals surface area (Å²) in [6.07, 6.45) is 5.25. The Hall–Kier alpha value is 0.234. The van der Waals surface area contributed by atoms with Crippen LogP contribution in [0.15, 0.2) is 0 Å². The van der Waals surface area contributed by atoms with Gasteiger partial charge in [0.2, 0.25) is 0 Å². The molecule has 0 amide bonds. The Morgan fingerprint density at radius 1 is 0.808 bits per heavy atom. The average Bonchev–Trinajstić information content (AvgIpc) is 2.58. The van der Waals surface area contributed by atoms with Gasteiger partial charge in [-0.25, -0.2) is 0 Å². The molecule has 0 spiro atoms. The molecule has 1 fully saturated rings. The van der Waals surface area contributed by atoms with Crippen molar-refractivity contribution in [2.75, 3.05) is 52.5 Å². The lowest BCUT2D eigenvalue weighted by molar-refractivity contribution is 0.0703. The van der Waals surface area contributed by atoms with Crippen molar-refractivity contribution in [3.8, 4) is 0 Å². The summed E-state index contributed by atoms with van der Waals surface area (Å²) in [6.45, 7) is 21.6. The predicted octanol–water partition coefficient (Wildman–Crippen LogP) is 4.05. The third-order valence-electron chi connectivity index (χ3n) is 5.09. The highest BCUT2D eigenvalue weighted by molar-refractivity contribution is 6.73. The van der Waals surface area contributed by atoms with Crippen LogP contribution < -0.4 is 0 Å². The second kappa shape index (κ2) is 12.6. The molecule has 26 heavy (non-hydrogen) atoms.